The summed E-state index contributed by atoms with van der Waals surface area (Å²) in [5.41, 5.74) is 2.20. The summed E-state index contributed by atoms with van der Waals surface area (Å²) in [5.74, 6) is 1.32. The lowest BCUT2D eigenvalue weighted by Crippen LogP contribution is -2.39. The van der Waals surface area contributed by atoms with Crippen molar-refractivity contribution in [3.63, 3.8) is 0 Å². The van der Waals surface area contributed by atoms with Crippen LogP contribution in [0.3, 0.4) is 0 Å². The van der Waals surface area contributed by atoms with E-state index in [1.165, 1.54) is 0 Å². The Morgan fingerprint density at radius 3 is 2.89 bits per heavy atom. The lowest BCUT2D eigenvalue weighted by Gasteiger charge is -2.32. The molecule has 7 nitrogen and oxygen atoms in total. The minimum atomic E-state index is 0.0438. The first kappa shape index (κ1) is 17.6. The molecule has 3 heterocycles. The van der Waals surface area contributed by atoms with Crippen LogP contribution < -0.4 is 0 Å². The minimum absolute atomic E-state index is 0.0438. The highest BCUT2D eigenvalue weighted by atomic mass is 16.5. The smallest absolute Gasteiger partial charge is 0.253 e. The van der Waals surface area contributed by atoms with Crippen molar-refractivity contribution in [1.82, 2.24) is 24.4 Å². The third-order valence-corrected chi connectivity index (χ3v) is 5.07. The van der Waals surface area contributed by atoms with E-state index in [0.29, 0.717) is 18.7 Å². The molecule has 1 aromatic carbocycles. The van der Waals surface area contributed by atoms with Crippen LogP contribution in [0.1, 0.15) is 34.9 Å². The molecule has 1 amide bonds. The van der Waals surface area contributed by atoms with Gasteiger partial charge in [0.1, 0.15) is 5.82 Å². The first-order valence-electron chi connectivity index (χ1n) is 9.26. The number of amides is 1. The summed E-state index contributed by atoms with van der Waals surface area (Å²) in [6.07, 6.45) is 9.13. The first-order valence-corrected chi connectivity index (χ1v) is 9.26. The average molecular weight is 365 g/mol. The monoisotopic (exact) mass is 365 g/mol. The van der Waals surface area contributed by atoms with Crippen molar-refractivity contribution in [1.29, 1.82) is 0 Å². The number of hydrogen-bond donors (Lipinski definition) is 0. The van der Waals surface area contributed by atoms with Crippen molar-refractivity contribution in [2.75, 3.05) is 26.8 Å². The van der Waals surface area contributed by atoms with Crippen LogP contribution >= 0.6 is 0 Å². The third-order valence-electron chi connectivity index (χ3n) is 5.07. The van der Waals surface area contributed by atoms with Crippen LogP contribution in [0.5, 0.6) is 0 Å². The number of carbonyl (C=O) groups excluding carboxylic acids is 1. The highest BCUT2D eigenvalue weighted by Crippen LogP contribution is 2.27. The minimum Gasteiger partial charge on any atom is -0.383 e. The van der Waals surface area contributed by atoms with Crippen LogP contribution in [-0.4, -0.2) is 57.1 Å². The number of hydrogen-bond acceptors (Lipinski definition) is 5. The van der Waals surface area contributed by atoms with Crippen LogP contribution in [-0.2, 0) is 11.3 Å². The lowest BCUT2D eigenvalue weighted by molar-refractivity contribution is 0.0702. The maximum Gasteiger partial charge on any atom is 0.253 e. The molecule has 4 rings (SSSR count). The van der Waals surface area contributed by atoms with Crippen molar-refractivity contribution in [2.24, 2.45) is 0 Å². The van der Waals surface area contributed by atoms with Gasteiger partial charge in [-0.1, -0.05) is 0 Å². The van der Waals surface area contributed by atoms with Gasteiger partial charge in [-0.2, -0.15) is 0 Å². The number of benzene rings is 1. The molecule has 1 aliphatic rings. The zero-order chi connectivity index (χ0) is 18.6. The molecule has 3 aromatic rings. The summed E-state index contributed by atoms with van der Waals surface area (Å²) in [5, 5.41) is 0. The zero-order valence-corrected chi connectivity index (χ0v) is 15.4. The molecule has 0 saturated carbocycles. The van der Waals surface area contributed by atoms with Crippen molar-refractivity contribution < 1.29 is 9.53 Å². The molecular formula is C20H23N5O2. The average Bonchev–Trinajstić information content (AvgIpc) is 3.20. The molecule has 0 radical (unpaired) electrons. The second-order valence-corrected chi connectivity index (χ2v) is 6.82. The Hall–Kier alpha value is -2.80. The van der Waals surface area contributed by atoms with E-state index in [9.17, 15) is 4.79 Å². The van der Waals surface area contributed by atoms with Gasteiger partial charge in [0.25, 0.3) is 5.91 Å². The third kappa shape index (κ3) is 3.68. The number of nitrogens with zero attached hydrogens (tertiary/aromatic N) is 5. The number of carbonyl (C=O) groups is 1. The fraction of sp³-hybridized carbons (Fsp3) is 0.400. The van der Waals surface area contributed by atoms with E-state index in [0.717, 1.165) is 42.8 Å². The van der Waals surface area contributed by atoms with E-state index in [4.69, 9.17) is 4.74 Å². The maximum absolute atomic E-state index is 13.0. The standard InChI is InChI=1S/C20H23N5O2/c1-27-12-11-24-10-8-23-19(24)16-3-2-9-25(14-16)20(26)15-4-5-17-18(13-15)22-7-6-21-17/h4-8,10,13,16H,2-3,9,11-12,14H2,1H3. The fourth-order valence-electron chi connectivity index (χ4n) is 3.71. The van der Waals surface area contributed by atoms with Crippen LogP contribution in [0, 0.1) is 0 Å². The predicted molar refractivity (Wildman–Crippen MR) is 102 cm³/mol. The second-order valence-electron chi connectivity index (χ2n) is 6.82. The van der Waals surface area contributed by atoms with Crippen molar-refractivity contribution >= 4 is 16.9 Å². The Morgan fingerprint density at radius 1 is 1.19 bits per heavy atom. The van der Waals surface area contributed by atoms with E-state index >= 15 is 0 Å². The Balaban J connectivity index is 1.52. The quantitative estimate of drug-likeness (QED) is 0.695. The molecule has 0 bridgehead atoms. The van der Waals surface area contributed by atoms with E-state index in [-0.39, 0.29) is 11.8 Å². The number of methoxy groups -OCH3 is 1. The number of aromatic nitrogens is 4. The molecule has 1 saturated heterocycles. The molecule has 1 atom stereocenters. The van der Waals surface area contributed by atoms with Gasteiger partial charge in [0.15, 0.2) is 0 Å². The topological polar surface area (TPSA) is 73.1 Å². The number of likely N-dealkylation sites (tertiary alicyclic amines) is 1. The Labute approximate surface area is 158 Å². The Bertz CT molecular complexity index is 939. The summed E-state index contributed by atoms with van der Waals surface area (Å²) in [7, 11) is 1.70. The van der Waals surface area contributed by atoms with E-state index in [2.05, 4.69) is 19.5 Å². The number of fused-ring (bicyclic) bond motifs is 1. The highest BCUT2D eigenvalue weighted by molar-refractivity contribution is 5.97. The predicted octanol–water partition coefficient (Wildman–Crippen LogP) is 2.49. The van der Waals surface area contributed by atoms with Gasteiger partial charge < -0.3 is 14.2 Å². The zero-order valence-electron chi connectivity index (χ0n) is 15.4. The molecular weight excluding hydrogens is 342 g/mol. The highest BCUT2D eigenvalue weighted by Gasteiger charge is 2.28. The summed E-state index contributed by atoms with van der Waals surface area (Å²) in [6, 6.07) is 5.52. The second kappa shape index (κ2) is 7.84. The van der Waals surface area contributed by atoms with Crippen LogP contribution in [0.25, 0.3) is 11.0 Å². The molecule has 1 aliphatic heterocycles. The van der Waals surface area contributed by atoms with E-state index in [1.54, 1.807) is 19.5 Å². The maximum atomic E-state index is 13.0. The SMILES string of the molecule is COCCn1ccnc1C1CCCN(C(=O)c2ccc3nccnc3c2)C1. The summed E-state index contributed by atoms with van der Waals surface area (Å²) < 4.78 is 7.32. The van der Waals surface area contributed by atoms with Gasteiger partial charge in [0, 0.05) is 63.0 Å². The van der Waals surface area contributed by atoms with Gasteiger partial charge in [-0.15, -0.1) is 0 Å². The van der Waals surface area contributed by atoms with Crippen LogP contribution in [0.2, 0.25) is 0 Å². The number of rotatable bonds is 5. The number of piperidine rings is 1. The van der Waals surface area contributed by atoms with Gasteiger partial charge in [0.2, 0.25) is 0 Å². The molecule has 140 valence electrons. The molecule has 1 unspecified atom stereocenters. The van der Waals surface area contributed by atoms with Crippen molar-refractivity contribution in [3.8, 4) is 0 Å². The van der Waals surface area contributed by atoms with Gasteiger partial charge in [-0.3, -0.25) is 14.8 Å². The van der Waals surface area contributed by atoms with Gasteiger partial charge in [-0.25, -0.2) is 4.98 Å². The number of ether oxygens (including phenoxy) is 1. The molecule has 27 heavy (non-hydrogen) atoms. The van der Waals surface area contributed by atoms with Gasteiger partial charge >= 0.3 is 0 Å². The largest absolute Gasteiger partial charge is 0.383 e. The van der Waals surface area contributed by atoms with Gasteiger partial charge in [0.05, 0.1) is 17.6 Å². The summed E-state index contributed by atoms with van der Waals surface area (Å²) in [6.45, 7) is 2.88. The van der Waals surface area contributed by atoms with Gasteiger partial charge in [-0.05, 0) is 31.0 Å². The number of imidazole rings is 1. The molecule has 0 aliphatic carbocycles. The molecule has 7 heteroatoms. The lowest BCUT2D eigenvalue weighted by atomic mass is 9.96. The first-order chi connectivity index (χ1) is 13.3. The normalized spacial score (nSPS) is 17.4. The van der Waals surface area contributed by atoms with Crippen molar-refractivity contribution in [3.05, 3.63) is 54.4 Å². The summed E-state index contributed by atoms with van der Waals surface area (Å²) in [4.78, 5) is 28.1. The van der Waals surface area contributed by atoms with Crippen molar-refractivity contribution in [2.45, 2.75) is 25.3 Å². The fourth-order valence-corrected chi connectivity index (χ4v) is 3.71. The molecule has 0 spiro atoms. The van der Waals surface area contributed by atoms with E-state index < -0.39 is 0 Å². The Morgan fingerprint density at radius 2 is 2.04 bits per heavy atom. The molecule has 1 fully saturated rings. The molecule has 2 aromatic heterocycles. The van der Waals surface area contributed by atoms with E-state index in [1.807, 2.05) is 35.5 Å². The summed E-state index contributed by atoms with van der Waals surface area (Å²) >= 11 is 0. The Kier molecular flexibility index (Phi) is 5.11. The molecule has 0 N–H and O–H groups in total. The van der Waals surface area contributed by atoms with Crippen LogP contribution in [0.15, 0.2) is 43.0 Å². The van der Waals surface area contributed by atoms with Crippen LogP contribution in [0.4, 0.5) is 0 Å².